The predicted molar refractivity (Wildman–Crippen MR) is 149 cm³/mol. The Balaban J connectivity index is 1.51. The maximum Gasteiger partial charge on any atom is 0.124 e. The van der Waals surface area contributed by atoms with Gasteiger partial charge in [0.15, 0.2) is 0 Å². The molecule has 1 aliphatic rings. The van der Waals surface area contributed by atoms with Crippen LogP contribution in [-0.2, 0) is 5.66 Å². The number of phenols is 3. The van der Waals surface area contributed by atoms with Crippen LogP contribution >= 0.6 is 0 Å². The lowest BCUT2D eigenvalue weighted by atomic mass is 9.97. The normalized spacial score (nSPS) is 19.4. The fraction of sp³-hybridized carbons (Fsp3) is 0.333. The van der Waals surface area contributed by atoms with Crippen LogP contribution in [0.25, 0.3) is 0 Å². The van der Waals surface area contributed by atoms with E-state index in [-0.39, 0.29) is 17.2 Å². The Kier molecular flexibility index (Phi) is 8.26. The molecule has 3 aromatic rings. The van der Waals surface area contributed by atoms with Gasteiger partial charge in [0.05, 0.1) is 13.1 Å². The van der Waals surface area contributed by atoms with E-state index in [9.17, 15) is 15.3 Å². The van der Waals surface area contributed by atoms with Gasteiger partial charge in [0.1, 0.15) is 22.9 Å². The Morgan fingerprint density at radius 2 is 1.08 bits per heavy atom. The van der Waals surface area contributed by atoms with E-state index < -0.39 is 5.66 Å². The second-order valence-corrected chi connectivity index (χ2v) is 9.48. The summed E-state index contributed by atoms with van der Waals surface area (Å²) in [6.45, 7) is 10.2. The lowest BCUT2D eigenvalue weighted by Crippen LogP contribution is -2.49. The molecule has 0 saturated carbocycles. The molecule has 0 aliphatic carbocycles. The number of benzene rings is 3. The Bertz CT molecular complexity index is 1210. The summed E-state index contributed by atoms with van der Waals surface area (Å²) in [5.74, 6) is 0.731. The van der Waals surface area contributed by atoms with Crippen molar-refractivity contribution in [3.8, 4) is 17.2 Å². The fourth-order valence-corrected chi connectivity index (χ4v) is 5.16. The number of aromatic hydroxyl groups is 3. The number of para-hydroxylation sites is 3. The Morgan fingerprint density at radius 3 is 1.51 bits per heavy atom. The van der Waals surface area contributed by atoms with Crippen molar-refractivity contribution in [2.75, 3.05) is 39.3 Å². The highest BCUT2D eigenvalue weighted by Gasteiger charge is 2.45. The van der Waals surface area contributed by atoms with Crippen molar-refractivity contribution >= 4 is 11.4 Å². The average molecular weight is 501 g/mol. The van der Waals surface area contributed by atoms with Crippen molar-refractivity contribution in [3.05, 3.63) is 89.5 Å². The first-order valence-electron chi connectivity index (χ1n) is 12.7. The molecule has 1 saturated heterocycles. The van der Waals surface area contributed by atoms with Crippen LogP contribution in [0.1, 0.15) is 37.5 Å². The maximum absolute atomic E-state index is 10.8. The fourth-order valence-electron chi connectivity index (χ4n) is 5.16. The van der Waals surface area contributed by atoms with Gasteiger partial charge < -0.3 is 15.3 Å². The first-order valence-corrected chi connectivity index (χ1v) is 12.7. The predicted octanol–water partition coefficient (Wildman–Crippen LogP) is 4.61. The first kappa shape index (κ1) is 26.4. The molecular formula is C30H36N4O3. The molecule has 3 aromatic carbocycles. The summed E-state index contributed by atoms with van der Waals surface area (Å²) >= 11 is 0. The molecule has 0 amide bonds. The van der Waals surface area contributed by atoms with Crippen molar-refractivity contribution in [1.82, 2.24) is 9.80 Å². The van der Waals surface area contributed by atoms with Gasteiger partial charge in [-0.05, 0) is 51.1 Å². The molecule has 4 rings (SSSR count). The molecule has 7 heteroatoms. The van der Waals surface area contributed by atoms with Crippen LogP contribution in [0.5, 0.6) is 17.2 Å². The van der Waals surface area contributed by atoms with Gasteiger partial charge in [-0.25, -0.2) is 0 Å². The molecular weight excluding hydrogens is 464 g/mol. The molecule has 7 nitrogen and oxygen atoms in total. The minimum Gasteiger partial charge on any atom is -0.508 e. The number of phenolic OH excluding ortho intramolecular Hbond substituents is 3. The van der Waals surface area contributed by atoms with Crippen molar-refractivity contribution in [2.45, 2.75) is 26.4 Å². The summed E-state index contributed by atoms with van der Waals surface area (Å²) in [5, 5.41) is 31.1. The van der Waals surface area contributed by atoms with Gasteiger partial charge in [0.25, 0.3) is 0 Å². The standard InChI is InChI=1S/C30H36N4O3/c1-22(24-10-4-7-13-27(24)35)31-16-18-33-20-21-34(30(33,3)26-12-6-9-15-29(26)37)19-17-32-23(2)25-11-5-8-14-28(25)36/h4-15,35-37H,16-21H2,1-3H3. The smallest absolute Gasteiger partial charge is 0.124 e. The molecule has 0 radical (unpaired) electrons. The third kappa shape index (κ3) is 5.68. The summed E-state index contributed by atoms with van der Waals surface area (Å²) < 4.78 is 0. The summed E-state index contributed by atoms with van der Waals surface area (Å²) in [7, 11) is 0. The summed E-state index contributed by atoms with van der Waals surface area (Å²) in [5.41, 5.74) is 3.41. The van der Waals surface area contributed by atoms with Crippen molar-refractivity contribution < 1.29 is 15.3 Å². The van der Waals surface area contributed by atoms with E-state index in [1.807, 2.05) is 56.3 Å². The number of nitrogens with zero attached hydrogens (tertiary/aromatic N) is 4. The molecule has 0 atom stereocenters. The molecule has 194 valence electrons. The van der Waals surface area contributed by atoms with E-state index >= 15 is 0 Å². The van der Waals surface area contributed by atoms with Gasteiger partial charge in [-0.15, -0.1) is 0 Å². The van der Waals surface area contributed by atoms with Gasteiger partial charge in [-0.2, -0.15) is 0 Å². The zero-order valence-corrected chi connectivity index (χ0v) is 21.8. The number of hydrogen-bond acceptors (Lipinski definition) is 7. The topological polar surface area (TPSA) is 91.9 Å². The Labute approximate surface area is 219 Å². The second-order valence-electron chi connectivity index (χ2n) is 9.48. The molecule has 0 bridgehead atoms. The van der Waals surface area contributed by atoms with E-state index in [4.69, 9.17) is 9.98 Å². The highest BCUT2D eigenvalue weighted by atomic mass is 16.3. The van der Waals surface area contributed by atoms with Crippen LogP contribution in [0.2, 0.25) is 0 Å². The van der Waals surface area contributed by atoms with Crippen LogP contribution < -0.4 is 0 Å². The van der Waals surface area contributed by atoms with Crippen molar-refractivity contribution in [2.24, 2.45) is 9.98 Å². The third-order valence-electron chi connectivity index (χ3n) is 7.31. The van der Waals surface area contributed by atoms with Crippen LogP contribution in [0.4, 0.5) is 0 Å². The summed E-state index contributed by atoms with van der Waals surface area (Å²) in [6, 6.07) is 22.0. The number of hydrogen-bond donors (Lipinski definition) is 3. The molecule has 0 unspecified atom stereocenters. The highest BCUT2D eigenvalue weighted by molar-refractivity contribution is 6.01. The van der Waals surface area contributed by atoms with E-state index in [0.29, 0.717) is 26.2 Å². The minimum atomic E-state index is -0.526. The first-order chi connectivity index (χ1) is 17.8. The third-order valence-corrected chi connectivity index (χ3v) is 7.31. The highest BCUT2D eigenvalue weighted by Crippen LogP contribution is 2.40. The van der Waals surface area contributed by atoms with Crippen LogP contribution in [-0.4, -0.2) is 75.8 Å². The summed E-state index contributed by atoms with van der Waals surface area (Å²) in [6.07, 6.45) is 0. The molecule has 3 N–H and O–H groups in total. The van der Waals surface area contributed by atoms with Crippen molar-refractivity contribution in [1.29, 1.82) is 0 Å². The molecule has 1 aliphatic heterocycles. The van der Waals surface area contributed by atoms with E-state index in [1.54, 1.807) is 30.3 Å². The maximum atomic E-state index is 10.8. The molecule has 0 spiro atoms. The van der Waals surface area contributed by atoms with Crippen molar-refractivity contribution in [3.63, 3.8) is 0 Å². The molecule has 1 heterocycles. The molecule has 37 heavy (non-hydrogen) atoms. The second kappa shape index (κ2) is 11.6. The number of rotatable bonds is 9. The van der Waals surface area contributed by atoms with Gasteiger partial charge in [-0.3, -0.25) is 19.8 Å². The number of aliphatic imine (C=N–C) groups is 2. The van der Waals surface area contributed by atoms with Gasteiger partial charge in [0.2, 0.25) is 0 Å². The zero-order valence-electron chi connectivity index (χ0n) is 21.8. The average Bonchev–Trinajstić information content (AvgIpc) is 3.20. The van der Waals surface area contributed by atoms with E-state index in [2.05, 4.69) is 16.7 Å². The van der Waals surface area contributed by atoms with E-state index in [0.717, 1.165) is 41.2 Å². The quantitative estimate of drug-likeness (QED) is 0.373. The SMILES string of the molecule is CC(=NCCN1CCN(CCN=C(C)c2ccccc2O)C1(C)c1ccccc1O)c1ccccc1O. The largest absolute Gasteiger partial charge is 0.508 e. The van der Waals surface area contributed by atoms with Gasteiger partial charge in [-0.1, -0.05) is 42.5 Å². The van der Waals surface area contributed by atoms with E-state index in [1.165, 1.54) is 0 Å². The van der Waals surface area contributed by atoms with Gasteiger partial charge >= 0.3 is 0 Å². The van der Waals surface area contributed by atoms with Crippen LogP contribution in [0.15, 0.2) is 82.8 Å². The zero-order chi connectivity index (χ0) is 26.4. The van der Waals surface area contributed by atoms with Gasteiger partial charge in [0, 0.05) is 54.3 Å². The van der Waals surface area contributed by atoms with Crippen LogP contribution in [0.3, 0.4) is 0 Å². The molecule has 0 aromatic heterocycles. The Hall–Kier alpha value is -3.68. The lowest BCUT2D eigenvalue weighted by Gasteiger charge is -2.41. The molecule has 1 fully saturated rings. The Morgan fingerprint density at radius 1 is 0.676 bits per heavy atom. The lowest BCUT2D eigenvalue weighted by molar-refractivity contribution is 0.0291. The summed E-state index contributed by atoms with van der Waals surface area (Å²) in [4.78, 5) is 14.2. The minimum absolute atomic E-state index is 0.231. The monoisotopic (exact) mass is 500 g/mol. The van der Waals surface area contributed by atoms with Crippen LogP contribution in [0, 0.1) is 0 Å².